The van der Waals surface area contributed by atoms with Crippen LogP contribution in [0.4, 0.5) is 0 Å². The van der Waals surface area contributed by atoms with E-state index in [0.717, 1.165) is 0 Å². The van der Waals surface area contributed by atoms with E-state index in [1.165, 1.54) is 19.0 Å². The zero-order valence-corrected chi connectivity index (χ0v) is 3.07. The number of rotatable bonds is 0. The number of nitrogens with zero attached hydrogens (tertiary/aromatic N) is 3. The Morgan fingerprint density at radius 3 is 2.50 bits per heavy atom. The second-order valence-corrected chi connectivity index (χ2v) is 0.794. The Labute approximate surface area is 35.1 Å². The van der Waals surface area contributed by atoms with Crippen LogP contribution in [0.1, 0.15) is 0 Å². The fraction of sp³-hybridized carbons (Fsp3) is 0. The van der Waals surface area contributed by atoms with Crippen molar-refractivity contribution in [2.24, 2.45) is 4.99 Å². The van der Waals surface area contributed by atoms with Gasteiger partial charge in [-0.25, -0.2) is 0 Å². The molecule has 1 aliphatic rings. The zero-order chi connectivity index (χ0) is 4.24. The predicted molar refractivity (Wildman–Crippen MR) is 24.9 cm³/mol. The summed E-state index contributed by atoms with van der Waals surface area (Å²) in [6.07, 6.45) is 4.31. The summed E-state index contributed by atoms with van der Waals surface area (Å²) in [5, 5.41) is 0. The molecule has 0 N–H and O–H groups in total. The monoisotopic (exact) mass is 81.0 g/mol. The third kappa shape index (κ3) is 0.484. The fourth-order valence-electron chi connectivity index (χ4n) is 0.205. The molecule has 0 fully saturated rings. The van der Waals surface area contributed by atoms with Gasteiger partial charge in [0.25, 0.3) is 0 Å². The van der Waals surface area contributed by atoms with Crippen LogP contribution in [-0.4, -0.2) is 19.0 Å². The molecule has 0 aromatic carbocycles. The van der Waals surface area contributed by atoms with E-state index in [4.69, 9.17) is 0 Å². The summed E-state index contributed by atoms with van der Waals surface area (Å²) < 4.78 is 0. The van der Waals surface area contributed by atoms with Crippen LogP contribution in [0.15, 0.2) is 4.99 Å². The van der Waals surface area contributed by atoms with Crippen molar-refractivity contribution < 1.29 is 0 Å². The SMILES string of the molecule is C1=NC=[N+]C=[N+]1. The second-order valence-electron chi connectivity index (χ2n) is 0.794. The summed E-state index contributed by atoms with van der Waals surface area (Å²) in [6.45, 7) is 0. The van der Waals surface area contributed by atoms with Crippen LogP contribution in [0, 0.1) is 0 Å². The topological polar surface area (TPSA) is 40.6 Å². The smallest absolute Gasteiger partial charge is 0.0664 e. The molecule has 0 atom stereocenters. The van der Waals surface area contributed by atoms with Gasteiger partial charge in [0.1, 0.15) is 0 Å². The highest BCUT2D eigenvalue weighted by Gasteiger charge is 1.96. The minimum Gasteiger partial charge on any atom is 0.0664 e. The normalized spacial score (nSPS) is 16.0. The highest BCUT2D eigenvalue weighted by Crippen LogP contribution is 1.49. The van der Waals surface area contributed by atoms with Crippen LogP contribution in [0.3, 0.4) is 0 Å². The highest BCUT2D eigenvalue weighted by molar-refractivity contribution is 5.82. The average Bonchev–Trinajstić information content (AvgIpc) is 1.72. The molecule has 0 amide bonds. The van der Waals surface area contributed by atoms with Gasteiger partial charge in [0, 0.05) is 0 Å². The summed E-state index contributed by atoms with van der Waals surface area (Å²) in [7, 11) is 0. The molecule has 0 aliphatic carbocycles. The third-order valence-corrected chi connectivity index (χ3v) is 0.400. The van der Waals surface area contributed by atoms with Crippen molar-refractivity contribution in [2.45, 2.75) is 0 Å². The van der Waals surface area contributed by atoms with Gasteiger partial charge < -0.3 is 0 Å². The first-order valence-corrected chi connectivity index (χ1v) is 1.55. The molecule has 3 heteroatoms. The van der Waals surface area contributed by atoms with Crippen molar-refractivity contribution in [3.8, 4) is 0 Å². The molecule has 0 aromatic rings. The molecular formula is C3H3N3+2. The highest BCUT2D eigenvalue weighted by atomic mass is 15.0. The number of hydrogen-bond donors (Lipinski definition) is 0. The van der Waals surface area contributed by atoms with Crippen LogP contribution in [0.25, 0.3) is 0 Å². The van der Waals surface area contributed by atoms with E-state index in [0.29, 0.717) is 0 Å². The van der Waals surface area contributed by atoms with Crippen molar-refractivity contribution in [1.29, 1.82) is 0 Å². The van der Waals surface area contributed by atoms with Crippen molar-refractivity contribution in [2.75, 3.05) is 0 Å². The summed E-state index contributed by atoms with van der Waals surface area (Å²) in [5.41, 5.74) is 0. The quantitative estimate of drug-likeness (QED) is 0.350. The van der Waals surface area contributed by atoms with Gasteiger partial charge in [-0.05, 0) is 0 Å². The lowest BCUT2D eigenvalue weighted by Gasteiger charge is -1.48. The minimum absolute atomic E-state index is 1.44. The van der Waals surface area contributed by atoms with Crippen LogP contribution >= 0.6 is 0 Å². The molecule has 0 aromatic heterocycles. The van der Waals surface area contributed by atoms with E-state index in [1.54, 1.807) is 0 Å². The Hall–Kier alpha value is -0.990. The first-order chi connectivity index (χ1) is 3.00. The molecule has 3 nitrogen and oxygen atoms in total. The van der Waals surface area contributed by atoms with Crippen LogP contribution in [0.2, 0.25) is 0 Å². The first kappa shape index (κ1) is 3.21. The van der Waals surface area contributed by atoms with Gasteiger partial charge in [-0.3, -0.25) is 0 Å². The number of aliphatic imine (C=N–C) groups is 3. The molecule has 0 unspecified atom stereocenters. The largest absolute Gasteiger partial charge is 0.408 e. The first-order valence-electron chi connectivity index (χ1n) is 1.55. The lowest BCUT2D eigenvalue weighted by molar-refractivity contribution is 1.40. The van der Waals surface area contributed by atoms with Crippen molar-refractivity contribution in [3.63, 3.8) is 0 Å². The second kappa shape index (κ2) is 1.45. The summed E-state index contributed by atoms with van der Waals surface area (Å²) in [5.74, 6) is 0. The Balaban J connectivity index is 2.77. The third-order valence-electron chi connectivity index (χ3n) is 0.400. The van der Waals surface area contributed by atoms with Gasteiger partial charge in [0.15, 0.2) is 0 Å². The Bertz CT molecular complexity index is 75.4. The molecule has 2 radical (unpaired) electrons. The van der Waals surface area contributed by atoms with Gasteiger partial charge >= 0.3 is 19.0 Å². The Kier molecular flexibility index (Phi) is 0.774. The van der Waals surface area contributed by atoms with E-state index < -0.39 is 0 Å². The molecular weight excluding hydrogens is 78.1 g/mol. The van der Waals surface area contributed by atoms with Crippen LogP contribution < -0.4 is 9.98 Å². The van der Waals surface area contributed by atoms with Crippen LogP contribution in [0.5, 0.6) is 0 Å². The molecule has 0 saturated heterocycles. The maximum Gasteiger partial charge on any atom is 0.408 e. The zero-order valence-electron chi connectivity index (χ0n) is 3.07. The summed E-state index contributed by atoms with van der Waals surface area (Å²) >= 11 is 0. The van der Waals surface area contributed by atoms with E-state index in [9.17, 15) is 0 Å². The molecule has 1 rings (SSSR count). The lowest BCUT2D eigenvalue weighted by atomic mass is 11.0. The van der Waals surface area contributed by atoms with Gasteiger partial charge in [-0.15, -0.1) is 0 Å². The van der Waals surface area contributed by atoms with Crippen LogP contribution in [-0.2, 0) is 0 Å². The molecule has 0 saturated carbocycles. The minimum atomic E-state index is 1.44. The number of hydrogen-bond acceptors (Lipinski definition) is 3. The Morgan fingerprint density at radius 1 is 1.33 bits per heavy atom. The average molecular weight is 81.1 g/mol. The van der Waals surface area contributed by atoms with Gasteiger partial charge in [0.05, 0.1) is 15.0 Å². The van der Waals surface area contributed by atoms with E-state index in [1.807, 2.05) is 0 Å². The van der Waals surface area contributed by atoms with Crippen molar-refractivity contribution >= 4 is 19.0 Å². The van der Waals surface area contributed by atoms with Gasteiger partial charge in [0.2, 0.25) is 0 Å². The van der Waals surface area contributed by atoms with Gasteiger partial charge in [-0.2, -0.15) is 0 Å². The fourth-order valence-corrected chi connectivity index (χ4v) is 0.205. The van der Waals surface area contributed by atoms with E-state index >= 15 is 0 Å². The maximum absolute atomic E-state index is 3.56. The molecule has 28 valence electrons. The predicted octanol–water partition coefficient (Wildman–Crippen LogP) is -1.24. The molecule has 1 heterocycles. The molecule has 0 bridgehead atoms. The van der Waals surface area contributed by atoms with Crippen molar-refractivity contribution in [1.82, 2.24) is 9.98 Å². The van der Waals surface area contributed by atoms with E-state index in [2.05, 4.69) is 15.0 Å². The van der Waals surface area contributed by atoms with Crippen molar-refractivity contribution in [3.05, 3.63) is 0 Å². The van der Waals surface area contributed by atoms with E-state index in [-0.39, 0.29) is 0 Å². The molecule has 1 aliphatic heterocycles. The molecule has 0 spiro atoms. The summed E-state index contributed by atoms with van der Waals surface area (Å²) in [6, 6.07) is 0. The molecule has 6 heavy (non-hydrogen) atoms. The standard InChI is InChI=1S/C3H3N3/c1-4-2-6-3-5-1/h1-3H/q+2. The Morgan fingerprint density at radius 2 is 2.33 bits per heavy atom. The lowest BCUT2D eigenvalue weighted by Crippen LogP contribution is -2.01. The van der Waals surface area contributed by atoms with Gasteiger partial charge in [-0.1, -0.05) is 0 Å². The summed E-state index contributed by atoms with van der Waals surface area (Å²) in [4.78, 5) is 10.7. The maximum atomic E-state index is 3.56.